The molecule has 0 spiro atoms. The highest BCUT2D eigenvalue weighted by atomic mass is 35.5. The second kappa shape index (κ2) is 13.9. The molecule has 3 aromatic rings. The van der Waals surface area contributed by atoms with E-state index in [1.165, 1.54) is 24.1 Å². The first-order valence-corrected chi connectivity index (χ1v) is 14.9. The fourth-order valence-electron chi connectivity index (χ4n) is 3.89. The predicted octanol–water partition coefficient (Wildman–Crippen LogP) is 5.39. The number of rotatable bonds is 12. The number of benzene rings is 3. The third-order valence-electron chi connectivity index (χ3n) is 6.21. The minimum Gasteiger partial charge on any atom is -0.497 e. The van der Waals surface area contributed by atoms with E-state index in [1.54, 1.807) is 67.6 Å². The zero-order chi connectivity index (χ0) is 29.4. The lowest BCUT2D eigenvalue weighted by atomic mass is 10.1. The van der Waals surface area contributed by atoms with E-state index in [0.29, 0.717) is 27.9 Å². The van der Waals surface area contributed by atoms with Crippen molar-refractivity contribution in [2.75, 3.05) is 24.5 Å². The van der Waals surface area contributed by atoms with Crippen LogP contribution in [-0.2, 0) is 26.2 Å². The van der Waals surface area contributed by atoms with Crippen molar-refractivity contribution in [3.8, 4) is 5.75 Å². The number of carbonyl (C=O) groups is 2. The average Bonchev–Trinajstić information content (AvgIpc) is 2.94. The molecule has 2 amide bonds. The highest BCUT2D eigenvalue weighted by Crippen LogP contribution is 2.29. The summed E-state index contributed by atoms with van der Waals surface area (Å²) in [5, 5.41) is 3.49. The summed E-state index contributed by atoms with van der Waals surface area (Å²) in [6.45, 7) is 5.24. The summed E-state index contributed by atoms with van der Waals surface area (Å²) in [4.78, 5) is 28.4. The van der Waals surface area contributed by atoms with Gasteiger partial charge in [0.25, 0.3) is 10.0 Å². The Bertz CT molecular complexity index is 1400. The Morgan fingerprint density at radius 2 is 1.50 bits per heavy atom. The molecule has 3 aromatic carbocycles. The van der Waals surface area contributed by atoms with Crippen molar-refractivity contribution in [1.82, 2.24) is 10.2 Å². The molecule has 0 bridgehead atoms. The molecule has 0 aromatic heterocycles. The van der Waals surface area contributed by atoms with Crippen LogP contribution >= 0.6 is 23.2 Å². The van der Waals surface area contributed by atoms with E-state index >= 15 is 0 Å². The van der Waals surface area contributed by atoms with Crippen molar-refractivity contribution >= 4 is 50.7 Å². The number of nitrogens with one attached hydrogen (secondary N) is 1. The Morgan fingerprint density at radius 3 is 2.05 bits per heavy atom. The van der Waals surface area contributed by atoms with Gasteiger partial charge in [-0.15, -0.1) is 0 Å². The topological polar surface area (TPSA) is 96.0 Å². The molecule has 0 aliphatic rings. The normalized spacial score (nSPS) is 12.1. The van der Waals surface area contributed by atoms with E-state index < -0.39 is 28.5 Å². The van der Waals surface area contributed by atoms with E-state index in [1.807, 2.05) is 13.8 Å². The van der Waals surface area contributed by atoms with E-state index in [2.05, 4.69) is 5.32 Å². The lowest BCUT2D eigenvalue weighted by molar-refractivity contribution is -0.139. The molecule has 3 rings (SSSR count). The van der Waals surface area contributed by atoms with Gasteiger partial charge in [0.1, 0.15) is 18.3 Å². The van der Waals surface area contributed by atoms with Crippen LogP contribution in [0.2, 0.25) is 10.0 Å². The lowest BCUT2D eigenvalue weighted by Gasteiger charge is -2.32. The van der Waals surface area contributed by atoms with Gasteiger partial charge in [-0.2, -0.15) is 0 Å². The number of methoxy groups -OCH3 is 1. The summed E-state index contributed by atoms with van der Waals surface area (Å²) in [6, 6.07) is 18.2. The van der Waals surface area contributed by atoms with Crippen LogP contribution in [0.3, 0.4) is 0 Å². The molecule has 0 aliphatic carbocycles. The van der Waals surface area contributed by atoms with E-state index in [9.17, 15) is 18.0 Å². The number of nitrogens with zero attached hydrogens (tertiary/aromatic N) is 2. The van der Waals surface area contributed by atoms with Gasteiger partial charge >= 0.3 is 0 Å². The lowest BCUT2D eigenvalue weighted by Crippen LogP contribution is -2.51. The van der Waals surface area contributed by atoms with Gasteiger partial charge in [0.05, 0.1) is 17.7 Å². The van der Waals surface area contributed by atoms with Crippen LogP contribution in [0, 0.1) is 5.92 Å². The number of ether oxygens (including phenoxy) is 1. The monoisotopic (exact) mass is 605 g/mol. The van der Waals surface area contributed by atoms with Gasteiger partial charge in [-0.1, -0.05) is 61.3 Å². The molecule has 0 heterocycles. The molecule has 1 N–H and O–H groups in total. The van der Waals surface area contributed by atoms with Crippen LogP contribution in [0.15, 0.2) is 77.7 Å². The highest BCUT2D eigenvalue weighted by Gasteiger charge is 2.33. The van der Waals surface area contributed by atoms with Gasteiger partial charge in [0.15, 0.2) is 0 Å². The number of amides is 2. The van der Waals surface area contributed by atoms with Gasteiger partial charge in [-0.25, -0.2) is 8.42 Å². The van der Waals surface area contributed by atoms with Crippen LogP contribution in [0.4, 0.5) is 5.69 Å². The molecule has 1 atom stereocenters. The number of anilines is 1. The molecule has 0 aliphatic heterocycles. The zero-order valence-electron chi connectivity index (χ0n) is 22.8. The molecule has 0 saturated heterocycles. The largest absolute Gasteiger partial charge is 0.497 e. The number of sulfonamides is 1. The maximum absolute atomic E-state index is 14.0. The Hall–Kier alpha value is -3.27. The number of carbonyl (C=O) groups excluding carboxylic acids is 2. The molecule has 0 saturated carbocycles. The molecular formula is C29H33Cl2N3O5S. The van der Waals surface area contributed by atoms with E-state index in [0.717, 1.165) is 4.31 Å². The van der Waals surface area contributed by atoms with Crippen LogP contribution in [0.25, 0.3) is 0 Å². The van der Waals surface area contributed by atoms with Crippen molar-refractivity contribution in [2.24, 2.45) is 5.92 Å². The summed E-state index contributed by atoms with van der Waals surface area (Å²) >= 11 is 12.8. The molecule has 214 valence electrons. The van der Waals surface area contributed by atoms with Crippen molar-refractivity contribution in [1.29, 1.82) is 0 Å². The zero-order valence-corrected chi connectivity index (χ0v) is 25.1. The van der Waals surface area contributed by atoms with Crippen molar-refractivity contribution < 1.29 is 22.7 Å². The van der Waals surface area contributed by atoms with Gasteiger partial charge in [0.2, 0.25) is 11.8 Å². The van der Waals surface area contributed by atoms with Crippen molar-refractivity contribution in [3.63, 3.8) is 0 Å². The summed E-state index contributed by atoms with van der Waals surface area (Å²) in [7, 11) is -2.67. The Morgan fingerprint density at radius 1 is 0.900 bits per heavy atom. The average molecular weight is 607 g/mol. The van der Waals surface area contributed by atoms with Crippen molar-refractivity contribution in [2.45, 2.75) is 38.3 Å². The summed E-state index contributed by atoms with van der Waals surface area (Å²) in [5.74, 6) is -0.275. The number of halogens is 2. The predicted molar refractivity (Wildman–Crippen MR) is 158 cm³/mol. The Balaban J connectivity index is 2.04. The minimum atomic E-state index is -4.17. The fourth-order valence-corrected chi connectivity index (χ4v) is 5.84. The first-order valence-electron chi connectivity index (χ1n) is 12.7. The Labute approximate surface area is 245 Å². The second-order valence-corrected chi connectivity index (χ2v) is 12.2. The molecule has 40 heavy (non-hydrogen) atoms. The summed E-state index contributed by atoms with van der Waals surface area (Å²) in [6.07, 6.45) is 0. The SMILES string of the molecule is COc1ccc(N(CC(=O)N(Cc2c(Cl)cccc2Cl)C(C)C(=O)NCC(C)C)S(=O)(=O)c2ccccc2)cc1. The highest BCUT2D eigenvalue weighted by molar-refractivity contribution is 7.92. The molecule has 0 radical (unpaired) electrons. The minimum absolute atomic E-state index is 0.0158. The number of hydrogen-bond donors (Lipinski definition) is 1. The maximum Gasteiger partial charge on any atom is 0.264 e. The first kappa shape index (κ1) is 31.3. The van der Waals surface area contributed by atoms with E-state index in [-0.39, 0.29) is 29.0 Å². The third kappa shape index (κ3) is 7.68. The molecule has 1 unspecified atom stereocenters. The van der Waals surface area contributed by atoms with Crippen LogP contribution in [0.1, 0.15) is 26.3 Å². The molecule has 0 fully saturated rings. The fraction of sp³-hybridized carbons (Fsp3) is 0.310. The molecule has 8 nitrogen and oxygen atoms in total. The van der Waals surface area contributed by atoms with Gasteiger partial charge in [-0.3, -0.25) is 13.9 Å². The van der Waals surface area contributed by atoms with Gasteiger partial charge < -0.3 is 15.0 Å². The number of hydrogen-bond acceptors (Lipinski definition) is 5. The molecular weight excluding hydrogens is 573 g/mol. The molecule has 11 heteroatoms. The van der Waals surface area contributed by atoms with E-state index in [4.69, 9.17) is 27.9 Å². The quantitative estimate of drug-likeness (QED) is 0.299. The standard InChI is InChI=1S/C29H33Cl2N3O5S/c1-20(2)17-32-29(36)21(3)33(18-25-26(30)11-8-12-27(25)31)28(35)19-34(22-13-15-23(39-4)16-14-22)40(37,38)24-9-6-5-7-10-24/h5-16,20-21H,17-19H2,1-4H3,(H,32,36). The van der Waals surface area contributed by atoms with Gasteiger partial charge in [-0.05, 0) is 61.4 Å². The Kier molecular flexibility index (Phi) is 10.8. The first-order chi connectivity index (χ1) is 18.9. The summed E-state index contributed by atoms with van der Waals surface area (Å²) in [5.41, 5.74) is 0.704. The third-order valence-corrected chi connectivity index (χ3v) is 8.71. The van der Waals surface area contributed by atoms with Gasteiger partial charge in [0, 0.05) is 28.7 Å². The smallest absolute Gasteiger partial charge is 0.264 e. The second-order valence-electron chi connectivity index (χ2n) is 9.56. The van der Waals surface area contributed by atoms with Crippen LogP contribution in [0.5, 0.6) is 5.75 Å². The summed E-state index contributed by atoms with van der Waals surface area (Å²) < 4.78 is 33.8. The van der Waals surface area contributed by atoms with Crippen molar-refractivity contribution in [3.05, 3.63) is 88.4 Å². The van der Waals surface area contributed by atoms with Crippen LogP contribution in [-0.4, -0.2) is 51.4 Å². The maximum atomic E-state index is 14.0. The van der Waals surface area contributed by atoms with Crippen LogP contribution < -0.4 is 14.4 Å².